The van der Waals surface area contributed by atoms with E-state index in [9.17, 15) is 4.79 Å². The minimum absolute atomic E-state index is 0.0870. The highest BCUT2D eigenvalue weighted by molar-refractivity contribution is 8.01. The van der Waals surface area contributed by atoms with Crippen molar-refractivity contribution in [2.45, 2.75) is 39.4 Å². The lowest BCUT2D eigenvalue weighted by atomic mass is 10.1. The Morgan fingerprint density at radius 3 is 2.25 bits per heavy atom. The van der Waals surface area contributed by atoms with Crippen molar-refractivity contribution in [2.75, 3.05) is 19.0 Å². The van der Waals surface area contributed by atoms with E-state index < -0.39 is 0 Å². The summed E-state index contributed by atoms with van der Waals surface area (Å²) < 4.78 is 11.1. The largest absolute Gasteiger partial charge is 0.490 e. The predicted molar refractivity (Wildman–Crippen MR) is 85.3 cm³/mol. The summed E-state index contributed by atoms with van der Waals surface area (Å²) in [5.41, 5.74) is 0.675. The van der Waals surface area contributed by atoms with Gasteiger partial charge in [0.1, 0.15) is 0 Å². The molecule has 3 nitrogen and oxygen atoms in total. The van der Waals surface area contributed by atoms with E-state index in [1.54, 1.807) is 23.9 Å². The maximum Gasteiger partial charge on any atom is 0.172 e. The molecule has 0 aliphatic heterocycles. The van der Waals surface area contributed by atoms with Gasteiger partial charge in [-0.05, 0) is 32.0 Å². The lowest BCUT2D eigenvalue weighted by molar-refractivity contribution is 0.102. The van der Waals surface area contributed by atoms with E-state index in [0.29, 0.717) is 36.0 Å². The van der Waals surface area contributed by atoms with Crippen LogP contribution in [0.3, 0.4) is 0 Å². The molecule has 0 bridgehead atoms. The summed E-state index contributed by atoms with van der Waals surface area (Å²) in [6.45, 7) is 11.3. The molecule has 1 rings (SSSR count). The number of hydrogen-bond donors (Lipinski definition) is 0. The van der Waals surface area contributed by atoms with Gasteiger partial charge in [0.05, 0.1) is 19.0 Å². The number of rotatable bonds is 7. The Balaban J connectivity index is 2.85. The Bertz CT molecular complexity index is 450. The number of ketones is 1. The molecule has 0 atom stereocenters. The Morgan fingerprint density at radius 1 is 1.10 bits per heavy atom. The van der Waals surface area contributed by atoms with Crippen molar-refractivity contribution in [1.29, 1.82) is 0 Å². The fraction of sp³-hybridized carbons (Fsp3) is 0.562. The van der Waals surface area contributed by atoms with Gasteiger partial charge in [0.25, 0.3) is 0 Å². The first kappa shape index (κ1) is 16.9. The first-order valence-corrected chi connectivity index (χ1v) is 7.92. The van der Waals surface area contributed by atoms with Gasteiger partial charge in [0.2, 0.25) is 0 Å². The van der Waals surface area contributed by atoms with Gasteiger partial charge in [-0.25, -0.2) is 0 Å². The van der Waals surface area contributed by atoms with E-state index in [1.807, 2.05) is 19.9 Å². The third kappa shape index (κ3) is 5.45. The molecule has 20 heavy (non-hydrogen) atoms. The minimum Gasteiger partial charge on any atom is -0.490 e. The topological polar surface area (TPSA) is 35.5 Å². The Kier molecular flexibility index (Phi) is 6.40. The van der Waals surface area contributed by atoms with Crippen LogP contribution in [0, 0.1) is 0 Å². The second kappa shape index (κ2) is 7.58. The number of thioether (sulfide) groups is 1. The van der Waals surface area contributed by atoms with Crippen LogP contribution in [0.1, 0.15) is 45.0 Å². The fourth-order valence-corrected chi connectivity index (χ4v) is 2.32. The Morgan fingerprint density at radius 2 is 1.70 bits per heavy atom. The van der Waals surface area contributed by atoms with Gasteiger partial charge in [0, 0.05) is 10.3 Å². The monoisotopic (exact) mass is 296 g/mol. The first-order valence-electron chi connectivity index (χ1n) is 6.94. The van der Waals surface area contributed by atoms with Gasteiger partial charge in [-0.15, -0.1) is 11.8 Å². The molecule has 0 radical (unpaired) electrons. The molecule has 112 valence electrons. The van der Waals surface area contributed by atoms with Gasteiger partial charge in [-0.2, -0.15) is 0 Å². The summed E-state index contributed by atoms with van der Waals surface area (Å²) in [5, 5.41) is 0. The average Bonchev–Trinajstić information content (AvgIpc) is 2.37. The van der Waals surface area contributed by atoms with Crippen LogP contribution in [0.5, 0.6) is 11.5 Å². The molecular formula is C16H24O3S. The Labute approximate surface area is 126 Å². The van der Waals surface area contributed by atoms with Crippen molar-refractivity contribution in [2.24, 2.45) is 0 Å². The summed E-state index contributed by atoms with van der Waals surface area (Å²) in [5.74, 6) is 1.92. The molecule has 4 heteroatoms. The maximum atomic E-state index is 12.2. The van der Waals surface area contributed by atoms with Crippen molar-refractivity contribution in [3.63, 3.8) is 0 Å². The third-order valence-corrected chi connectivity index (χ3v) is 3.77. The summed E-state index contributed by atoms with van der Waals surface area (Å²) in [7, 11) is 0. The molecule has 0 N–H and O–H groups in total. The number of hydrogen-bond acceptors (Lipinski definition) is 4. The number of carbonyl (C=O) groups excluding carboxylic acids is 1. The minimum atomic E-state index is 0.0870. The van der Waals surface area contributed by atoms with Crippen molar-refractivity contribution in [3.05, 3.63) is 23.8 Å². The number of carbonyl (C=O) groups is 1. The second-order valence-corrected chi connectivity index (χ2v) is 7.15. The zero-order chi connectivity index (χ0) is 15.2. The molecule has 0 aliphatic carbocycles. The molecule has 0 amide bonds. The quantitative estimate of drug-likeness (QED) is 0.706. The second-order valence-electron chi connectivity index (χ2n) is 5.35. The normalized spacial score (nSPS) is 11.2. The third-order valence-electron chi connectivity index (χ3n) is 2.50. The van der Waals surface area contributed by atoms with Crippen LogP contribution in [0.2, 0.25) is 0 Å². The van der Waals surface area contributed by atoms with Crippen molar-refractivity contribution < 1.29 is 14.3 Å². The van der Waals surface area contributed by atoms with Gasteiger partial charge in [0.15, 0.2) is 17.3 Å². The van der Waals surface area contributed by atoms with E-state index >= 15 is 0 Å². The molecule has 0 saturated heterocycles. The highest BCUT2D eigenvalue weighted by Crippen LogP contribution is 2.30. The summed E-state index contributed by atoms with van der Waals surface area (Å²) in [6.07, 6.45) is 0. The summed E-state index contributed by atoms with van der Waals surface area (Å²) in [4.78, 5) is 12.2. The van der Waals surface area contributed by atoms with Crippen molar-refractivity contribution in [1.82, 2.24) is 0 Å². The zero-order valence-corrected chi connectivity index (χ0v) is 13.8. The van der Waals surface area contributed by atoms with Crippen LogP contribution in [-0.2, 0) is 0 Å². The fourth-order valence-electron chi connectivity index (χ4n) is 1.59. The SMILES string of the molecule is CCOc1ccc(C(=O)CSC(C)(C)C)cc1OCC. The molecule has 0 saturated carbocycles. The first-order chi connectivity index (χ1) is 9.37. The number of ether oxygens (including phenoxy) is 2. The van der Waals surface area contributed by atoms with E-state index in [-0.39, 0.29) is 10.5 Å². The Hall–Kier alpha value is -1.16. The smallest absolute Gasteiger partial charge is 0.172 e. The molecule has 0 aliphatic rings. The highest BCUT2D eigenvalue weighted by Gasteiger charge is 2.16. The number of Topliss-reactive ketones (excluding diaryl/α,β-unsaturated/α-hetero) is 1. The van der Waals surface area contributed by atoms with E-state index in [0.717, 1.165) is 0 Å². The molecule has 1 aromatic rings. The van der Waals surface area contributed by atoms with Crippen LogP contribution < -0.4 is 9.47 Å². The summed E-state index contributed by atoms with van der Waals surface area (Å²) >= 11 is 1.65. The van der Waals surface area contributed by atoms with Crippen LogP contribution in [-0.4, -0.2) is 29.5 Å². The zero-order valence-electron chi connectivity index (χ0n) is 13.0. The van der Waals surface area contributed by atoms with Crippen molar-refractivity contribution in [3.8, 4) is 11.5 Å². The molecule has 0 unspecified atom stereocenters. The molecular weight excluding hydrogens is 272 g/mol. The van der Waals surface area contributed by atoms with E-state index in [1.165, 1.54) is 0 Å². The van der Waals surface area contributed by atoms with Crippen molar-refractivity contribution >= 4 is 17.5 Å². The van der Waals surface area contributed by atoms with E-state index in [2.05, 4.69) is 20.8 Å². The molecule has 0 fully saturated rings. The van der Waals surface area contributed by atoms with Gasteiger partial charge in [-0.1, -0.05) is 20.8 Å². The van der Waals surface area contributed by atoms with Crippen LogP contribution >= 0.6 is 11.8 Å². The summed E-state index contributed by atoms with van der Waals surface area (Å²) in [6, 6.07) is 5.39. The average molecular weight is 296 g/mol. The van der Waals surface area contributed by atoms with Crippen LogP contribution in [0.15, 0.2) is 18.2 Å². The number of benzene rings is 1. The molecule has 1 aromatic carbocycles. The highest BCUT2D eigenvalue weighted by atomic mass is 32.2. The van der Waals surface area contributed by atoms with E-state index in [4.69, 9.17) is 9.47 Å². The molecule has 0 heterocycles. The van der Waals surface area contributed by atoms with Gasteiger partial charge in [-0.3, -0.25) is 4.79 Å². The lowest BCUT2D eigenvalue weighted by Gasteiger charge is -2.17. The van der Waals surface area contributed by atoms with Crippen LogP contribution in [0.4, 0.5) is 0 Å². The molecule has 0 aromatic heterocycles. The maximum absolute atomic E-state index is 12.2. The predicted octanol–water partition coefficient (Wildman–Crippen LogP) is 4.20. The lowest BCUT2D eigenvalue weighted by Crippen LogP contribution is -2.13. The molecule has 0 spiro atoms. The van der Waals surface area contributed by atoms with Crippen LogP contribution in [0.25, 0.3) is 0 Å². The van der Waals surface area contributed by atoms with Gasteiger partial charge >= 0.3 is 0 Å². The standard InChI is InChI=1S/C16H24O3S/c1-6-18-14-9-8-12(10-15(14)19-7-2)13(17)11-20-16(3,4)5/h8-10H,6-7,11H2,1-5H3. The van der Waals surface area contributed by atoms with Gasteiger partial charge < -0.3 is 9.47 Å².